The molecule has 1 amide bonds. The Bertz CT molecular complexity index is 1080. The maximum atomic E-state index is 13.5. The summed E-state index contributed by atoms with van der Waals surface area (Å²) in [5, 5.41) is 5.75. The lowest BCUT2D eigenvalue weighted by atomic mass is 10.2. The maximum absolute atomic E-state index is 13.5. The molecule has 0 spiro atoms. The standard InChI is InChI=1S/C23H23FN4O4/c1-30-19-12-18(13-20(31-2)21(19)32-3)27-23(26-14-15-7-9-25-10-8-15)28-22(29)16-5-4-6-17(24)11-16/h4-13H,14H2,1-3H3,(H2,26,27,28,29). The van der Waals surface area contributed by atoms with Gasteiger partial charge in [0.25, 0.3) is 5.91 Å². The van der Waals surface area contributed by atoms with Gasteiger partial charge in [-0.25, -0.2) is 9.38 Å². The summed E-state index contributed by atoms with van der Waals surface area (Å²) in [6.07, 6.45) is 3.31. The van der Waals surface area contributed by atoms with E-state index in [1.54, 1.807) is 24.5 Å². The average Bonchev–Trinajstić information content (AvgIpc) is 2.82. The zero-order valence-corrected chi connectivity index (χ0v) is 17.9. The number of halogens is 1. The van der Waals surface area contributed by atoms with Crippen molar-refractivity contribution in [3.8, 4) is 17.2 Å². The molecule has 0 bridgehead atoms. The number of carbonyl (C=O) groups is 1. The van der Waals surface area contributed by atoms with E-state index in [1.165, 1.54) is 39.5 Å². The molecule has 0 radical (unpaired) electrons. The summed E-state index contributed by atoms with van der Waals surface area (Å²) < 4.78 is 29.6. The van der Waals surface area contributed by atoms with Crippen LogP contribution in [0.5, 0.6) is 17.2 Å². The zero-order chi connectivity index (χ0) is 22.9. The minimum Gasteiger partial charge on any atom is -0.493 e. The van der Waals surface area contributed by atoms with Crippen molar-refractivity contribution in [1.82, 2.24) is 10.3 Å². The molecule has 32 heavy (non-hydrogen) atoms. The number of nitrogens with zero attached hydrogens (tertiary/aromatic N) is 2. The minimum absolute atomic E-state index is 0.158. The van der Waals surface area contributed by atoms with Gasteiger partial charge >= 0.3 is 0 Å². The van der Waals surface area contributed by atoms with Gasteiger partial charge in [-0.3, -0.25) is 15.1 Å². The molecule has 0 atom stereocenters. The van der Waals surface area contributed by atoms with Gasteiger partial charge in [-0.15, -0.1) is 0 Å². The lowest BCUT2D eigenvalue weighted by Gasteiger charge is -2.16. The third kappa shape index (κ3) is 5.72. The van der Waals surface area contributed by atoms with Crippen molar-refractivity contribution < 1.29 is 23.4 Å². The van der Waals surface area contributed by atoms with Gasteiger partial charge in [0.15, 0.2) is 11.5 Å². The first-order chi connectivity index (χ1) is 15.5. The smallest absolute Gasteiger partial charge is 0.258 e. The van der Waals surface area contributed by atoms with Crippen molar-refractivity contribution in [2.24, 2.45) is 4.99 Å². The average molecular weight is 438 g/mol. The maximum Gasteiger partial charge on any atom is 0.258 e. The van der Waals surface area contributed by atoms with Crippen LogP contribution in [0.4, 0.5) is 10.1 Å². The number of anilines is 1. The Kier molecular flexibility index (Phi) is 7.58. The SMILES string of the molecule is COc1cc(NC(=NCc2ccncc2)NC(=O)c2cccc(F)c2)cc(OC)c1OC. The number of hydrogen-bond donors (Lipinski definition) is 2. The number of rotatable bonds is 7. The van der Waals surface area contributed by atoms with E-state index in [0.717, 1.165) is 11.6 Å². The number of benzene rings is 2. The van der Waals surface area contributed by atoms with E-state index in [0.29, 0.717) is 22.9 Å². The van der Waals surface area contributed by atoms with Crippen molar-refractivity contribution >= 4 is 17.6 Å². The molecular weight excluding hydrogens is 415 g/mol. The fraction of sp³-hybridized carbons (Fsp3) is 0.174. The van der Waals surface area contributed by atoms with Crippen molar-refractivity contribution in [2.75, 3.05) is 26.6 Å². The number of amides is 1. The molecule has 0 fully saturated rings. The van der Waals surface area contributed by atoms with E-state index < -0.39 is 11.7 Å². The molecular formula is C23H23FN4O4. The highest BCUT2D eigenvalue weighted by molar-refractivity contribution is 6.10. The van der Waals surface area contributed by atoms with Crippen molar-refractivity contribution in [2.45, 2.75) is 6.54 Å². The molecule has 2 aromatic carbocycles. The number of methoxy groups -OCH3 is 3. The summed E-state index contributed by atoms with van der Waals surface area (Å²) >= 11 is 0. The van der Waals surface area contributed by atoms with Crippen LogP contribution < -0.4 is 24.8 Å². The molecule has 1 heterocycles. The van der Waals surface area contributed by atoms with Crippen LogP contribution in [0.2, 0.25) is 0 Å². The first-order valence-corrected chi connectivity index (χ1v) is 9.61. The van der Waals surface area contributed by atoms with E-state index in [2.05, 4.69) is 20.6 Å². The summed E-state index contributed by atoms with van der Waals surface area (Å²) in [5.41, 5.74) is 1.59. The second-order valence-corrected chi connectivity index (χ2v) is 6.52. The van der Waals surface area contributed by atoms with E-state index in [-0.39, 0.29) is 18.1 Å². The molecule has 0 saturated heterocycles. The summed E-state index contributed by atoms with van der Waals surface area (Å²) in [6.45, 7) is 0.276. The molecule has 3 aromatic rings. The quantitative estimate of drug-likeness (QED) is 0.432. The number of aromatic nitrogens is 1. The molecule has 0 unspecified atom stereocenters. The largest absolute Gasteiger partial charge is 0.493 e. The molecule has 2 N–H and O–H groups in total. The number of aliphatic imine (C=N–C) groups is 1. The third-order valence-electron chi connectivity index (χ3n) is 4.42. The number of ether oxygens (including phenoxy) is 3. The Labute approximate surface area is 185 Å². The van der Waals surface area contributed by atoms with Gasteiger partial charge in [-0.05, 0) is 35.9 Å². The predicted molar refractivity (Wildman–Crippen MR) is 119 cm³/mol. The molecule has 8 nitrogen and oxygen atoms in total. The summed E-state index contributed by atoms with van der Waals surface area (Å²) in [4.78, 5) is 21.1. The van der Waals surface area contributed by atoms with Gasteiger partial charge in [0.05, 0.1) is 27.9 Å². The lowest BCUT2D eigenvalue weighted by molar-refractivity contribution is 0.0976. The molecule has 3 rings (SSSR count). The summed E-state index contributed by atoms with van der Waals surface area (Å²) in [6, 6.07) is 12.4. The molecule has 0 aliphatic rings. The second-order valence-electron chi connectivity index (χ2n) is 6.52. The normalized spacial score (nSPS) is 10.9. The number of nitrogens with one attached hydrogen (secondary N) is 2. The zero-order valence-electron chi connectivity index (χ0n) is 17.9. The van der Waals surface area contributed by atoms with Gasteiger partial charge < -0.3 is 19.5 Å². The molecule has 0 aliphatic carbocycles. The highest BCUT2D eigenvalue weighted by atomic mass is 19.1. The Morgan fingerprint density at radius 3 is 2.28 bits per heavy atom. The van der Waals surface area contributed by atoms with Gasteiger partial charge in [-0.1, -0.05) is 6.07 Å². The van der Waals surface area contributed by atoms with Crippen LogP contribution in [0.3, 0.4) is 0 Å². The number of pyridine rings is 1. The number of guanidine groups is 1. The Hall–Kier alpha value is -4.14. The van der Waals surface area contributed by atoms with Gasteiger partial charge in [0.2, 0.25) is 11.7 Å². The molecule has 166 valence electrons. The van der Waals surface area contributed by atoms with Crippen molar-refractivity contribution in [3.63, 3.8) is 0 Å². The fourth-order valence-electron chi connectivity index (χ4n) is 2.87. The van der Waals surface area contributed by atoms with Crippen molar-refractivity contribution in [3.05, 3.63) is 77.9 Å². The Morgan fingerprint density at radius 1 is 1.00 bits per heavy atom. The Morgan fingerprint density at radius 2 is 1.69 bits per heavy atom. The van der Waals surface area contributed by atoms with E-state index in [4.69, 9.17) is 14.2 Å². The van der Waals surface area contributed by atoms with Crippen LogP contribution in [0.1, 0.15) is 15.9 Å². The van der Waals surface area contributed by atoms with Gasteiger partial charge in [0.1, 0.15) is 5.82 Å². The second kappa shape index (κ2) is 10.8. The van der Waals surface area contributed by atoms with Crippen LogP contribution in [-0.2, 0) is 6.54 Å². The first-order valence-electron chi connectivity index (χ1n) is 9.61. The van der Waals surface area contributed by atoms with Gasteiger partial charge in [-0.2, -0.15) is 0 Å². The van der Waals surface area contributed by atoms with Crippen LogP contribution in [0, 0.1) is 5.82 Å². The fourth-order valence-corrected chi connectivity index (χ4v) is 2.87. The highest BCUT2D eigenvalue weighted by Crippen LogP contribution is 2.39. The minimum atomic E-state index is -0.516. The van der Waals surface area contributed by atoms with Crippen molar-refractivity contribution in [1.29, 1.82) is 0 Å². The molecule has 0 saturated carbocycles. The summed E-state index contributed by atoms with van der Waals surface area (Å²) in [5.74, 6) is 0.423. The molecule has 1 aromatic heterocycles. The van der Waals surface area contributed by atoms with Crippen LogP contribution in [0.15, 0.2) is 65.9 Å². The first kappa shape index (κ1) is 22.5. The number of carbonyl (C=O) groups excluding carboxylic acids is 1. The van der Waals surface area contributed by atoms with Crippen LogP contribution >= 0.6 is 0 Å². The van der Waals surface area contributed by atoms with E-state index >= 15 is 0 Å². The predicted octanol–water partition coefficient (Wildman–Crippen LogP) is 3.64. The molecule has 9 heteroatoms. The van der Waals surface area contributed by atoms with E-state index in [9.17, 15) is 9.18 Å². The van der Waals surface area contributed by atoms with Crippen LogP contribution in [-0.4, -0.2) is 38.2 Å². The topological polar surface area (TPSA) is 94.1 Å². The third-order valence-corrected chi connectivity index (χ3v) is 4.42. The summed E-state index contributed by atoms with van der Waals surface area (Å²) in [7, 11) is 4.52. The Balaban J connectivity index is 1.91. The number of hydrogen-bond acceptors (Lipinski definition) is 6. The van der Waals surface area contributed by atoms with E-state index in [1.807, 2.05) is 12.1 Å². The van der Waals surface area contributed by atoms with Crippen LogP contribution in [0.25, 0.3) is 0 Å². The van der Waals surface area contributed by atoms with Gasteiger partial charge in [0, 0.05) is 35.8 Å². The molecule has 0 aliphatic heterocycles. The monoisotopic (exact) mass is 438 g/mol. The highest BCUT2D eigenvalue weighted by Gasteiger charge is 2.15. The lowest BCUT2D eigenvalue weighted by Crippen LogP contribution is -2.36.